The van der Waals surface area contributed by atoms with Crippen LogP contribution in [0.1, 0.15) is 31.7 Å². The van der Waals surface area contributed by atoms with Crippen LogP contribution in [0.15, 0.2) is 48.5 Å². The lowest BCUT2D eigenvalue weighted by Crippen LogP contribution is -2.53. The second-order valence-corrected chi connectivity index (χ2v) is 7.73. The number of benzene rings is 2. The zero-order valence-electron chi connectivity index (χ0n) is 17.5. The van der Waals surface area contributed by atoms with Crippen LogP contribution in [0.3, 0.4) is 0 Å². The van der Waals surface area contributed by atoms with Crippen molar-refractivity contribution in [3.63, 3.8) is 0 Å². The van der Waals surface area contributed by atoms with Crippen LogP contribution in [0.4, 0.5) is 0 Å². The van der Waals surface area contributed by atoms with Crippen molar-refractivity contribution in [2.45, 2.75) is 32.6 Å². The van der Waals surface area contributed by atoms with Crippen LogP contribution in [0.25, 0.3) is 11.1 Å². The zero-order valence-corrected chi connectivity index (χ0v) is 17.5. The van der Waals surface area contributed by atoms with E-state index in [1.165, 1.54) is 0 Å². The van der Waals surface area contributed by atoms with Gasteiger partial charge in [0.15, 0.2) is 0 Å². The molecule has 0 aromatic heterocycles. The molecule has 0 saturated carbocycles. The van der Waals surface area contributed by atoms with Gasteiger partial charge in [-0.1, -0.05) is 43.3 Å². The summed E-state index contributed by atoms with van der Waals surface area (Å²) in [5.41, 5.74) is 2.78. The summed E-state index contributed by atoms with van der Waals surface area (Å²) in [5.74, 6) is 0.972. The summed E-state index contributed by atoms with van der Waals surface area (Å²) in [6, 6.07) is 16.3. The van der Waals surface area contributed by atoms with Gasteiger partial charge >= 0.3 is 0 Å². The van der Waals surface area contributed by atoms with Gasteiger partial charge in [0, 0.05) is 26.6 Å². The molecule has 1 atom stereocenters. The van der Waals surface area contributed by atoms with E-state index in [2.05, 4.69) is 29.6 Å². The molecule has 1 N–H and O–H groups in total. The number of ether oxygens (including phenoxy) is 1. The fourth-order valence-corrected chi connectivity index (χ4v) is 4.23. The third-order valence-electron chi connectivity index (χ3n) is 5.86. The smallest absolute Gasteiger partial charge is 0.228 e. The van der Waals surface area contributed by atoms with Gasteiger partial charge in [-0.05, 0) is 48.1 Å². The number of nitrogens with one attached hydrogen (secondary N) is 1. The minimum absolute atomic E-state index is 0.0188. The highest BCUT2D eigenvalue weighted by atomic mass is 16.5. The zero-order chi connectivity index (χ0) is 20.9. The molecule has 154 valence electrons. The minimum atomic E-state index is -0.570. The van der Waals surface area contributed by atoms with Gasteiger partial charge < -0.3 is 15.0 Å². The maximum atomic E-state index is 12.8. The van der Waals surface area contributed by atoms with Crippen molar-refractivity contribution in [1.29, 1.82) is 0 Å². The average molecular weight is 395 g/mol. The van der Waals surface area contributed by atoms with Gasteiger partial charge in [0.05, 0.1) is 12.5 Å². The monoisotopic (exact) mass is 394 g/mol. The van der Waals surface area contributed by atoms with Gasteiger partial charge in [0.2, 0.25) is 11.8 Å². The summed E-state index contributed by atoms with van der Waals surface area (Å²) in [6.07, 6.45) is 2.74. The molecule has 2 aromatic rings. The topological polar surface area (TPSA) is 58.6 Å². The molecule has 0 unspecified atom stereocenters. The number of methoxy groups -OCH3 is 1. The van der Waals surface area contributed by atoms with Crippen molar-refractivity contribution >= 4 is 11.8 Å². The quantitative estimate of drug-likeness (QED) is 0.813. The van der Waals surface area contributed by atoms with Crippen molar-refractivity contribution in [2.24, 2.45) is 5.41 Å². The molecule has 1 aliphatic rings. The molecule has 5 heteroatoms. The Kier molecular flexibility index (Phi) is 6.57. The standard InChI is InChI=1S/C24H30N2O3/c1-4-22(27)26-15-5-14-24(17-26,23(28)25-2)16-18-6-8-19(9-7-18)20-10-12-21(29-3)13-11-20/h6-13H,4-5,14-17H2,1-3H3,(H,25,28)/t24-/m0/s1. The first-order chi connectivity index (χ1) is 14.0. The normalized spacial score (nSPS) is 18.9. The molecule has 2 aromatic carbocycles. The Hall–Kier alpha value is -2.82. The molecule has 0 spiro atoms. The molecular weight excluding hydrogens is 364 g/mol. The predicted molar refractivity (Wildman–Crippen MR) is 115 cm³/mol. The van der Waals surface area contributed by atoms with E-state index in [4.69, 9.17) is 4.74 Å². The molecule has 0 bridgehead atoms. The lowest BCUT2D eigenvalue weighted by molar-refractivity contribution is -0.141. The van der Waals surface area contributed by atoms with Crippen molar-refractivity contribution in [3.05, 3.63) is 54.1 Å². The summed E-state index contributed by atoms with van der Waals surface area (Å²) in [5, 5.41) is 2.83. The molecule has 1 fully saturated rings. The highest BCUT2D eigenvalue weighted by Crippen LogP contribution is 2.35. The number of nitrogens with zero attached hydrogens (tertiary/aromatic N) is 1. The van der Waals surface area contributed by atoms with E-state index in [0.717, 1.165) is 41.8 Å². The molecule has 2 amide bonds. The fourth-order valence-electron chi connectivity index (χ4n) is 4.23. The minimum Gasteiger partial charge on any atom is -0.497 e. The third kappa shape index (κ3) is 4.61. The van der Waals surface area contributed by atoms with Gasteiger partial charge in [-0.2, -0.15) is 0 Å². The van der Waals surface area contributed by atoms with Crippen LogP contribution in [0.2, 0.25) is 0 Å². The molecule has 29 heavy (non-hydrogen) atoms. The van der Waals surface area contributed by atoms with E-state index in [1.54, 1.807) is 14.2 Å². The number of likely N-dealkylation sites (tertiary alicyclic amines) is 1. The van der Waals surface area contributed by atoms with Crippen molar-refractivity contribution in [2.75, 3.05) is 27.2 Å². The largest absolute Gasteiger partial charge is 0.497 e. The Morgan fingerprint density at radius 3 is 2.24 bits per heavy atom. The molecule has 1 aliphatic heterocycles. The number of hydrogen-bond donors (Lipinski definition) is 1. The first-order valence-corrected chi connectivity index (χ1v) is 10.2. The van der Waals surface area contributed by atoms with E-state index in [-0.39, 0.29) is 11.8 Å². The summed E-state index contributed by atoms with van der Waals surface area (Å²) in [7, 11) is 3.34. The molecule has 1 heterocycles. The number of amides is 2. The second-order valence-electron chi connectivity index (χ2n) is 7.73. The van der Waals surface area contributed by atoms with Crippen LogP contribution in [0.5, 0.6) is 5.75 Å². The predicted octanol–water partition coefficient (Wildman–Crippen LogP) is 3.67. The fraction of sp³-hybridized carbons (Fsp3) is 0.417. The molecule has 0 aliphatic carbocycles. The third-order valence-corrected chi connectivity index (χ3v) is 5.86. The van der Waals surface area contributed by atoms with Gasteiger partial charge in [0.1, 0.15) is 5.75 Å². The van der Waals surface area contributed by atoms with E-state index in [9.17, 15) is 9.59 Å². The lowest BCUT2D eigenvalue weighted by atomic mass is 9.74. The summed E-state index contributed by atoms with van der Waals surface area (Å²) < 4.78 is 5.22. The average Bonchev–Trinajstić information content (AvgIpc) is 2.78. The number of hydrogen-bond acceptors (Lipinski definition) is 3. The van der Waals surface area contributed by atoms with Crippen molar-refractivity contribution in [3.8, 4) is 16.9 Å². The Morgan fingerprint density at radius 1 is 1.07 bits per heavy atom. The first-order valence-electron chi connectivity index (χ1n) is 10.2. The maximum Gasteiger partial charge on any atom is 0.228 e. The van der Waals surface area contributed by atoms with Crippen molar-refractivity contribution in [1.82, 2.24) is 10.2 Å². The number of carbonyl (C=O) groups is 2. The Morgan fingerprint density at radius 2 is 1.69 bits per heavy atom. The highest BCUT2D eigenvalue weighted by molar-refractivity contribution is 5.84. The summed E-state index contributed by atoms with van der Waals surface area (Å²) in [4.78, 5) is 26.9. The first kappa shape index (κ1) is 20.9. The molecule has 3 rings (SSSR count). The van der Waals surface area contributed by atoms with Gasteiger partial charge in [0.25, 0.3) is 0 Å². The summed E-state index contributed by atoms with van der Waals surface area (Å²) in [6.45, 7) is 3.10. The number of piperidine rings is 1. The Balaban J connectivity index is 1.80. The lowest BCUT2D eigenvalue weighted by Gasteiger charge is -2.41. The maximum absolute atomic E-state index is 12.8. The van der Waals surface area contributed by atoms with Crippen LogP contribution in [-0.4, -0.2) is 44.0 Å². The van der Waals surface area contributed by atoms with Gasteiger partial charge in [-0.3, -0.25) is 9.59 Å². The van der Waals surface area contributed by atoms with E-state index in [0.29, 0.717) is 19.4 Å². The Labute approximate surface area is 173 Å². The van der Waals surface area contributed by atoms with Crippen LogP contribution in [0, 0.1) is 5.41 Å². The van der Waals surface area contributed by atoms with E-state index >= 15 is 0 Å². The SMILES string of the molecule is CCC(=O)N1CCC[C@@](Cc2ccc(-c3ccc(OC)cc3)cc2)(C(=O)NC)C1. The van der Waals surface area contributed by atoms with Crippen molar-refractivity contribution < 1.29 is 14.3 Å². The molecule has 5 nitrogen and oxygen atoms in total. The van der Waals surface area contributed by atoms with Crippen LogP contribution in [-0.2, 0) is 16.0 Å². The van der Waals surface area contributed by atoms with E-state index in [1.807, 2.05) is 36.1 Å². The molecule has 1 saturated heterocycles. The summed E-state index contributed by atoms with van der Waals surface area (Å²) >= 11 is 0. The van der Waals surface area contributed by atoms with Gasteiger partial charge in [-0.15, -0.1) is 0 Å². The molecule has 0 radical (unpaired) electrons. The Bertz CT molecular complexity index is 845. The molecular formula is C24H30N2O3. The van der Waals surface area contributed by atoms with E-state index < -0.39 is 5.41 Å². The van der Waals surface area contributed by atoms with Crippen LogP contribution >= 0.6 is 0 Å². The highest BCUT2D eigenvalue weighted by Gasteiger charge is 2.42. The second kappa shape index (κ2) is 9.12. The number of carbonyl (C=O) groups excluding carboxylic acids is 2. The number of rotatable bonds is 6. The van der Waals surface area contributed by atoms with Gasteiger partial charge in [-0.25, -0.2) is 0 Å². The van der Waals surface area contributed by atoms with Crippen LogP contribution < -0.4 is 10.1 Å².